The number of nitrogens with zero attached hydrogens (tertiary/aromatic N) is 1. The first kappa shape index (κ1) is 22.6. The molecule has 0 saturated carbocycles. The maximum atomic E-state index is 13.0. The van der Waals surface area contributed by atoms with Crippen molar-refractivity contribution in [3.63, 3.8) is 0 Å². The molecule has 0 unspecified atom stereocenters. The number of anilines is 1. The molecule has 2 aromatic carbocycles. The minimum atomic E-state index is -4.48. The molecule has 2 heterocycles. The van der Waals surface area contributed by atoms with Crippen LogP contribution in [0.5, 0.6) is 0 Å². The van der Waals surface area contributed by atoms with Crippen LogP contribution < -0.4 is 5.43 Å². The number of carbonyl (C=O) groups is 2. The highest BCUT2D eigenvalue weighted by molar-refractivity contribution is 8.26. The predicted octanol–water partition coefficient (Wildman–Crippen LogP) is 5.89. The van der Waals surface area contributed by atoms with E-state index in [0.29, 0.717) is 0 Å². The highest BCUT2D eigenvalue weighted by Crippen LogP contribution is 2.35. The van der Waals surface area contributed by atoms with Crippen molar-refractivity contribution >= 4 is 51.9 Å². The highest BCUT2D eigenvalue weighted by Gasteiger charge is 2.34. The van der Waals surface area contributed by atoms with E-state index in [1.165, 1.54) is 42.5 Å². The van der Waals surface area contributed by atoms with Crippen molar-refractivity contribution in [1.82, 2.24) is 5.01 Å². The molecule has 0 atom stereocenters. The number of hydrogen-bond acceptors (Lipinski definition) is 6. The summed E-state index contributed by atoms with van der Waals surface area (Å²) in [4.78, 5) is 24.4. The number of amides is 1. The zero-order valence-electron chi connectivity index (χ0n) is 16.4. The first-order chi connectivity index (χ1) is 15.6. The van der Waals surface area contributed by atoms with Crippen molar-refractivity contribution in [2.45, 2.75) is 6.18 Å². The Hall–Kier alpha value is -3.57. The van der Waals surface area contributed by atoms with Crippen LogP contribution in [0.3, 0.4) is 0 Å². The van der Waals surface area contributed by atoms with Crippen LogP contribution in [0.1, 0.15) is 21.7 Å². The molecule has 0 aliphatic carbocycles. The van der Waals surface area contributed by atoms with E-state index in [4.69, 9.17) is 16.6 Å². The number of aromatic carboxylic acids is 1. The first-order valence-corrected chi connectivity index (χ1v) is 10.5. The quantitative estimate of drug-likeness (QED) is 0.341. The van der Waals surface area contributed by atoms with Gasteiger partial charge in [0, 0.05) is 11.6 Å². The smallest absolute Gasteiger partial charge is 0.416 e. The number of rotatable bonds is 5. The summed E-state index contributed by atoms with van der Waals surface area (Å²) >= 11 is 6.20. The number of carboxylic acid groups (broad SMARTS) is 1. The molecule has 33 heavy (non-hydrogen) atoms. The number of para-hydroxylation sites is 1. The molecule has 2 N–H and O–H groups in total. The summed E-state index contributed by atoms with van der Waals surface area (Å²) in [6.07, 6.45) is -3.06. The van der Waals surface area contributed by atoms with Crippen LogP contribution in [0.15, 0.2) is 70.0 Å². The third kappa shape index (κ3) is 4.78. The number of furan rings is 1. The van der Waals surface area contributed by atoms with Crippen molar-refractivity contribution in [3.05, 3.63) is 82.5 Å². The summed E-state index contributed by atoms with van der Waals surface area (Å²) in [5.41, 5.74) is 2.31. The van der Waals surface area contributed by atoms with Gasteiger partial charge in [0.1, 0.15) is 11.5 Å². The SMILES string of the molecule is O=C(O)c1ccccc1NN1C(=O)/C(=C\c2ccc(-c3cccc(C(F)(F)F)c3)o2)SC1=S. The van der Waals surface area contributed by atoms with Crippen molar-refractivity contribution < 1.29 is 32.3 Å². The lowest BCUT2D eigenvalue weighted by Crippen LogP contribution is -2.34. The van der Waals surface area contributed by atoms with E-state index >= 15 is 0 Å². The number of carbonyl (C=O) groups excluding carboxylic acids is 1. The average Bonchev–Trinajstić information content (AvgIpc) is 3.34. The molecule has 0 radical (unpaired) electrons. The number of halogens is 3. The van der Waals surface area contributed by atoms with Gasteiger partial charge in [-0.2, -0.15) is 13.2 Å². The third-order valence-corrected chi connectivity index (χ3v) is 5.86. The summed E-state index contributed by atoms with van der Waals surface area (Å²) in [5, 5.41) is 10.4. The fraction of sp³-hybridized carbons (Fsp3) is 0.0455. The van der Waals surface area contributed by atoms with Gasteiger partial charge in [-0.15, -0.1) is 0 Å². The Morgan fingerprint density at radius 2 is 1.88 bits per heavy atom. The van der Waals surface area contributed by atoms with E-state index in [1.807, 2.05) is 0 Å². The maximum absolute atomic E-state index is 13.0. The van der Waals surface area contributed by atoms with Gasteiger partial charge in [0.15, 0.2) is 4.32 Å². The molecular formula is C22H13F3N2O4S2. The van der Waals surface area contributed by atoms with Gasteiger partial charge < -0.3 is 9.52 Å². The summed E-state index contributed by atoms with van der Waals surface area (Å²) in [6.45, 7) is 0. The van der Waals surface area contributed by atoms with Gasteiger partial charge in [-0.25, -0.2) is 9.80 Å². The van der Waals surface area contributed by atoms with Crippen molar-refractivity contribution in [1.29, 1.82) is 0 Å². The summed E-state index contributed by atoms with van der Waals surface area (Å²) in [6, 6.07) is 13.8. The van der Waals surface area contributed by atoms with Crippen LogP contribution in [-0.4, -0.2) is 26.3 Å². The Balaban J connectivity index is 1.56. The Labute approximate surface area is 194 Å². The molecule has 1 saturated heterocycles. The van der Waals surface area contributed by atoms with Crippen molar-refractivity contribution in [3.8, 4) is 11.3 Å². The minimum Gasteiger partial charge on any atom is -0.478 e. The molecule has 1 aliphatic rings. The number of hydrogen-bond donors (Lipinski definition) is 2. The van der Waals surface area contributed by atoms with Gasteiger partial charge >= 0.3 is 12.1 Å². The van der Waals surface area contributed by atoms with Crippen LogP contribution in [-0.2, 0) is 11.0 Å². The Morgan fingerprint density at radius 3 is 2.61 bits per heavy atom. The molecule has 1 aliphatic heterocycles. The van der Waals surface area contributed by atoms with E-state index in [-0.39, 0.29) is 37.6 Å². The molecule has 1 fully saturated rings. The molecule has 6 nitrogen and oxygen atoms in total. The van der Waals surface area contributed by atoms with Crippen molar-refractivity contribution in [2.24, 2.45) is 0 Å². The van der Waals surface area contributed by atoms with Crippen LogP contribution in [0, 0.1) is 0 Å². The third-order valence-electron chi connectivity index (χ3n) is 4.56. The standard InChI is InChI=1S/C22H13F3N2O4S2/c23-22(24,25)13-5-3-4-12(10-13)17-9-8-14(31-17)11-18-19(28)27(21(32)33-18)26-16-7-2-1-6-15(16)20(29)30/h1-11,26H,(H,29,30)/b18-11+. The zero-order valence-corrected chi connectivity index (χ0v) is 18.1. The monoisotopic (exact) mass is 490 g/mol. The number of thioether (sulfide) groups is 1. The molecule has 11 heteroatoms. The summed E-state index contributed by atoms with van der Waals surface area (Å²) < 4.78 is 44.7. The minimum absolute atomic E-state index is 0.0349. The summed E-state index contributed by atoms with van der Waals surface area (Å²) in [5.74, 6) is -1.25. The zero-order chi connectivity index (χ0) is 23.8. The van der Waals surface area contributed by atoms with Gasteiger partial charge in [-0.3, -0.25) is 10.2 Å². The molecule has 0 spiro atoms. The lowest BCUT2D eigenvalue weighted by atomic mass is 10.1. The number of thiocarbonyl (C=S) groups is 1. The van der Waals surface area contributed by atoms with Crippen LogP contribution in [0.4, 0.5) is 18.9 Å². The van der Waals surface area contributed by atoms with E-state index in [1.54, 1.807) is 12.1 Å². The van der Waals surface area contributed by atoms with Gasteiger partial charge in [0.25, 0.3) is 5.91 Å². The first-order valence-electron chi connectivity index (χ1n) is 9.28. The molecule has 168 valence electrons. The Morgan fingerprint density at radius 1 is 1.12 bits per heavy atom. The number of nitrogens with one attached hydrogen (secondary N) is 1. The number of hydrazine groups is 1. The summed E-state index contributed by atoms with van der Waals surface area (Å²) in [7, 11) is 0. The normalized spacial score (nSPS) is 15.4. The Kier molecular flexibility index (Phi) is 6.00. The predicted molar refractivity (Wildman–Crippen MR) is 121 cm³/mol. The second-order valence-electron chi connectivity index (χ2n) is 6.76. The van der Waals surface area contributed by atoms with E-state index in [9.17, 15) is 27.9 Å². The van der Waals surface area contributed by atoms with Gasteiger partial charge in [0.05, 0.1) is 21.7 Å². The van der Waals surface area contributed by atoms with Crippen LogP contribution in [0.2, 0.25) is 0 Å². The number of carboxylic acids is 1. The van der Waals surface area contributed by atoms with E-state index in [2.05, 4.69) is 5.43 Å². The largest absolute Gasteiger partial charge is 0.478 e. The van der Waals surface area contributed by atoms with Crippen LogP contribution >= 0.6 is 24.0 Å². The van der Waals surface area contributed by atoms with Crippen LogP contribution in [0.25, 0.3) is 17.4 Å². The van der Waals surface area contributed by atoms with Gasteiger partial charge in [0.2, 0.25) is 0 Å². The topological polar surface area (TPSA) is 82.8 Å². The van der Waals surface area contributed by atoms with E-state index < -0.39 is 23.6 Å². The second-order valence-corrected chi connectivity index (χ2v) is 8.44. The lowest BCUT2D eigenvalue weighted by Gasteiger charge is -2.18. The average molecular weight is 490 g/mol. The number of alkyl halides is 3. The van der Waals surface area contributed by atoms with Crippen molar-refractivity contribution in [2.75, 3.05) is 5.43 Å². The molecule has 3 aromatic rings. The fourth-order valence-corrected chi connectivity index (χ4v) is 4.17. The second kappa shape index (κ2) is 8.75. The maximum Gasteiger partial charge on any atom is 0.416 e. The molecule has 4 rings (SSSR count). The molecule has 1 amide bonds. The van der Waals surface area contributed by atoms with Gasteiger partial charge in [-0.05, 0) is 48.6 Å². The molecule has 0 bridgehead atoms. The molecular weight excluding hydrogens is 477 g/mol. The molecule has 1 aromatic heterocycles. The lowest BCUT2D eigenvalue weighted by molar-refractivity contribution is -0.137. The Bertz CT molecular complexity index is 1300. The van der Waals surface area contributed by atoms with E-state index in [0.717, 1.165) is 28.9 Å². The number of benzene rings is 2. The van der Waals surface area contributed by atoms with Gasteiger partial charge in [-0.1, -0.05) is 36.0 Å². The highest BCUT2D eigenvalue weighted by atomic mass is 32.2. The fourth-order valence-electron chi connectivity index (χ4n) is 3.02.